The molecule has 0 unspecified atom stereocenters. The minimum Gasteiger partial charge on any atom is -0.492 e. The second-order valence-corrected chi connectivity index (χ2v) is 3.39. The molecule has 0 aliphatic rings. The van der Waals surface area contributed by atoms with Crippen molar-refractivity contribution >= 4 is 15.9 Å². The summed E-state index contributed by atoms with van der Waals surface area (Å²) in [6, 6.07) is 0. The van der Waals surface area contributed by atoms with E-state index in [2.05, 4.69) is 25.9 Å². The first kappa shape index (κ1) is 11.2. The third-order valence-electron chi connectivity index (χ3n) is 1.58. The zero-order chi connectivity index (χ0) is 10.6. The normalized spacial score (nSPS) is 10.4. The summed E-state index contributed by atoms with van der Waals surface area (Å²) in [6.45, 7) is 2.97. The second-order valence-electron chi connectivity index (χ2n) is 2.60. The van der Waals surface area contributed by atoms with Crippen molar-refractivity contribution in [1.82, 2.24) is 9.97 Å². The average molecular weight is 263 g/mol. The maximum atomic E-state index is 11.2. The Bertz CT molecular complexity index is 364. The molecule has 0 aliphatic heterocycles. The molecule has 6 heteroatoms. The van der Waals surface area contributed by atoms with Gasteiger partial charge in [-0.05, 0) is 22.9 Å². The third kappa shape index (κ3) is 2.81. The van der Waals surface area contributed by atoms with Crippen LogP contribution in [-0.4, -0.2) is 28.3 Å². The van der Waals surface area contributed by atoms with Gasteiger partial charge in [-0.15, -0.1) is 0 Å². The molecule has 1 heterocycles. The van der Waals surface area contributed by atoms with Gasteiger partial charge in [-0.1, -0.05) is 0 Å². The first-order valence-corrected chi connectivity index (χ1v) is 4.99. The van der Waals surface area contributed by atoms with Gasteiger partial charge < -0.3 is 14.8 Å². The van der Waals surface area contributed by atoms with Gasteiger partial charge in [0.1, 0.15) is 10.3 Å². The zero-order valence-electron chi connectivity index (χ0n) is 7.71. The van der Waals surface area contributed by atoms with Gasteiger partial charge in [0.15, 0.2) is 0 Å². The van der Waals surface area contributed by atoms with Crippen LogP contribution in [0.15, 0.2) is 9.27 Å². The molecule has 14 heavy (non-hydrogen) atoms. The van der Waals surface area contributed by atoms with E-state index in [1.54, 1.807) is 0 Å². The van der Waals surface area contributed by atoms with Crippen molar-refractivity contribution in [2.45, 2.75) is 13.3 Å². The van der Waals surface area contributed by atoms with Crippen molar-refractivity contribution in [3.63, 3.8) is 0 Å². The monoisotopic (exact) mass is 262 g/mol. The van der Waals surface area contributed by atoms with Crippen LogP contribution in [0.25, 0.3) is 0 Å². The van der Waals surface area contributed by atoms with E-state index in [4.69, 9.17) is 4.74 Å². The highest BCUT2D eigenvalue weighted by Crippen LogP contribution is 2.14. The Balaban J connectivity index is 2.75. The van der Waals surface area contributed by atoms with Gasteiger partial charge >= 0.3 is 0 Å². The summed E-state index contributed by atoms with van der Waals surface area (Å²) in [5.41, 5.74) is -0.385. The summed E-state index contributed by atoms with van der Waals surface area (Å²) < 4.78 is 5.15. The van der Waals surface area contributed by atoms with E-state index in [1.165, 1.54) is 0 Å². The van der Waals surface area contributed by atoms with Crippen molar-refractivity contribution in [2.24, 2.45) is 0 Å². The molecule has 0 saturated heterocycles. The van der Waals surface area contributed by atoms with Crippen LogP contribution in [0.1, 0.15) is 12.7 Å². The average Bonchev–Trinajstić information content (AvgIpc) is 2.14. The van der Waals surface area contributed by atoms with Crippen LogP contribution in [0.5, 0.6) is 5.88 Å². The Morgan fingerprint density at radius 3 is 2.93 bits per heavy atom. The van der Waals surface area contributed by atoms with Crippen molar-refractivity contribution in [3.8, 4) is 5.88 Å². The summed E-state index contributed by atoms with van der Waals surface area (Å²) in [5, 5.41) is 9.22. The van der Waals surface area contributed by atoms with Crippen LogP contribution in [0.3, 0.4) is 0 Å². The van der Waals surface area contributed by atoms with Gasteiger partial charge in [-0.25, -0.2) is 0 Å². The van der Waals surface area contributed by atoms with E-state index in [-0.39, 0.29) is 15.9 Å². The van der Waals surface area contributed by atoms with Gasteiger partial charge in [0.25, 0.3) is 5.56 Å². The van der Waals surface area contributed by atoms with Crippen LogP contribution in [0, 0.1) is 0 Å². The molecule has 0 amide bonds. The predicted octanol–water partition coefficient (Wildman–Crippen LogP) is 0.817. The molecule has 1 aromatic heterocycles. The predicted molar refractivity (Wildman–Crippen MR) is 54.4 cm³/mol. The highest BCUT2D eigenvalue weighted by molar-refractivity contribution is 9.10. The Kier molecular flexibility index (Phi) is 4.09. The zero-order valence-corrected chi connectivity index (χ0v) is 9.30. The Labute approximate surface area is 89.3 Å². The van der Waals surface area contributed by atoms with Crippen LogP contribution >= 0.6 is 15.9 Å². The number of halogens is 1. The first-order valence-electron chi connectivity index (χ1n) is 4.20. The van der Waals surface area contributed by atoms with Crippen molar-refractivity contribution in [1.29, 1.82) is 0 Å². The Hall–Kier alpha value is -0.880. The number of nitrogens with zero attached hydrogens (tertiary/aromatic N) is 1. The van der Waals surface area contributed by atoms with Crippen LogP contribution in [-0.2, 0) is 11.2 Å². The molecule has 0 radical (unpaired) electrons. The van der Waals surface area contributed by atoms with Crippen molar-refractivity contribution in [3.05, 3.63) is 20.7 Å². The van der Waals surface area contributed by atoms with Gasteiger partial charge in [0, 0.05) is 13.0 Å². The topological polar surface area (TPSA) is 75.2 Å². The molecule has 78 valence electrons. The van der Waals surface area contributed by atoms with E-state index in [1.807, 2.05) is 6.92 Å². The van der Waals surface area contributed by atoms with E-state index in [9.17, 15) is 9.90 Å². The molecular formula is C8H11BrN2O3. The van der Waals surface area contributed by atoms with Crippen LogP contribution in [0.4, 0.5) is 0 Å². The number of hydrogen-bond acceptors (Lipinski definition) is 4. The minimum atomic E-state index is -0.385. The molecule has 5 nitrogen and oxygen atoms in total. The standard InChI is InChI=1S/C8H11BrN2O3/c1-2-14-4-3-5-10-7(12)6(9)8(13)11-5/h2-4H2,1H3,(H2,10,11,12,13). The molecule has 1 rings (SSSR count). The molecule has 0 atom stereocenters. The number of H-pyrrole nitrogens is 1. The maximum absolute atomic E-state index is 11.2. The number of aromatic hydroxyl groups is 1. The minimum absolute atomic E-state index is 0.0534. The van der Waals surface area contributed by atoms with Gasteiger partial charge in [0.05, 0.1) is 6.61 Å². The van der Waals surface area contributed by atoms with E-state index in [0.717, 1.165) is 0 Å². The summed E-state index contributed by atoms with van der Waals surface area (Å²) in [5.74, 6) is 0.129. The summed E-state index contributed by atoms with van der Waals surface area (Å²) in [6.07, 6.45) is 0.476. The molecule has 0 fully saturated rings. The molecule has 2 N–H and O–H groups in total. The SMILES string of the molecule is CCOCCc1nc(O)c(Br)c(=O)[nH]1. The van der Waals surface area contributed by atoms with Gasteiger partial charge in [-0.3, -0.25) is 4.79 Å². The third-order valence-corrected chi connectivity index (χ3v) is 2.30. The fourth-order valence-electron chi connectivity index (χ4n) is 0.924. The molecule has 1 aromatic rings. The number of aromatic nitrogens is 2. The van der Waals surface area contributed by atoms with Crippen LogP contribution in [0.2, 0.25) is 0 Å². The molecular weight excluding hydrogens is 252 g/mol. The Morgan fingerprint density at radius 1 is 1.64 bits per heavy atom. The summed E-state index contributed by atoms with van der Waals surface area (Å²) in [4.78, 5) is 17.5. The number of ether oxygens (including phenoxy) is 1. The highest BCUT2D eigenvalue weighted by Gasteiger charge is 2.06. The lowest BCUT2D eigenvalue weighted by Gasteiger charge is -2.02. The van der Waals surface area contributed by atoms with Crippen molar-refractivity contribution in [2.75, 3.05) is 13.2 Å². The van der Waals surface area contributed by atoms with Crippen LogP contribution < -0.4 is 5.56 Å². The van der Waals surface area contributed by atoms with Crippen molar-refractivity contribution < 1.29 is 9.84 Å². The fraction of sp³-hybridized carbons (Fsp3) is 0.500. The first-order chi connectivity index (χ1) is 6.65. The largest absolute Gasteiger partial charge is 0.492 e. The maximum Gasteiger partial charge on any atom is 0.269 e. The second kappa shape index (κ2) is 5.11. The Morgan fingerprint density at radius 2 is 2.36 bits per heavy atom. The molecule has 0 aromatic carbocycles. The summed E-state index contributed by atoms with van der Waals surface area (Å²) >= 11 is 2.91. The van der Waals surface area contributed by atoms with E-state index in [0.29, 0.717) is 25.5 Å². The lowest BCUT2D eigenvalue weighted by Crippen LogP contribution is -2.13. The van der Waals surface area contributed by atoms with Gasteiger partial charge in [-0.2, -0.15) is 4.98 Å². The number of nitrogens with one attached hydrogen (secondary N) is 1. The van der Waals surface area contributed by atoms with E-state index >= 15 is 0 Å². The molecule has 0 saturated carbocycles. The molecule has 0 aliphatic carbocycles. The lowest BCUT2D eigenvalue weighted by molar-refractivity contribution is 0.149. The fourth-order valence-corrected chi connectivity index (χ4v) is 1.11. The lowest BCUT2D eigenvalue weighted by atomic mass is 10.4. The molecule has 0 bridgehead atoms. The number of rotatable bonds is 4. The summed E-state index contributed by atoms with van der Waals surface area (Å²) in [7, 11) is 0. The highest BCUT2D eigenvalue weighted by atomic mass is 79.9. The smallest absolute Gasteiger partial charge is 0.269 e. The van der Waals surface area contributed by atoms with Gasteiger partial charge in [0.2, 0.25) is 5.88 Å². The number of aromatic amines is 1. The number of hydrogen-bond donors (Lipinski definition) is 2. The van der Waals surface area contributed by atoms with E-state index < -0.39 is 0 Å². The quantitative estimate of drug-likeness (QED) is 0.788. The molecule has 0 spiro atoms.